The summed E-state index contributed by atoms with van der Waals surface area (Å²) in [6.07, 6.45) is -0.109. The molecule has 3 saturated carbocycles. The molecule has 3 fully saturated rings. The Kier molecular flexibility index (Phi) is 3.78. The van der Waals surface area contributed by atoms with Gasteiger partial charge in [0, 0.05) is 22.7 Å². The molecule has 3 aliphatic carbocycles. The van der Waals surface area contributed by atoms with E-state index in [0.29, 0.717) is 5.69 Å². The highest BCUT2D eigenvalue weighted by molar-refractivity contribution is 5.95. The van der Waals surface area contributed by atoms with Gasteiger partial charge >= 0.3 is 6.36 Å². The average Bonchev–Trinajstić information content (AvgIpc) is 2.47. The number of hydrogen-bond acceptors (Lipinski definition) is 3. The summed E-state index contributed by atoms with van der Waals surface area (Å²) in [7, 11) is 0. The fourth-order valence-corrected chi connectivity index (χ4v) is 3.59. The molecule has 0 spiro atoms. The summed E-state index contributed by atoms with van der Waals surface area (Å²) in [5, 5.41) is 2.74. The van der Waals surface area contributed by atoms with E-state index in [1.165, 1.54) is 18.2 Å². The Hall–Kier alpha value is -1.76. The number of fused-ring (bicyclic) bond motifs is 3. The quantitative estimate of drug-likeness (QED) is 0.891. The molecule has 23 heavy (non-hydrogen) atoms. The number of halogens is 3. The molecule has 4 nitrogen and oxygen atoms in total. The lowest BCUT2D eigenvalue weighted by molar-refractivity contribution is -0.274. The van der Waals surface area contributed by atoms with Crippen LogP contribution in [-0.4, -0.2) is 17.8 Å². The van der Waals surface area contributed by atoms with Gasteiger partial charge in [-0.15, -0.1) is 13.2 Å². The molecular formula is C16H19F3N2O2. The second-order valence-corrected chi connectivity index (χ2v) is 6.67. The predicted octanol–water partition coefficient (Wildman–Crippen LogP) is 3.58. The lowest BCUT2D eigenvalue weighted by atomic mass is 9.57. The summed E-state index contributed by atoms with van der Waals surface area (Å²) >= 11 is 0. The molecule has 3 aliphatic rings. The van der Waals surface area contributed by atoms with Crippen LogP contribution < -0.4 is 15.8 Å². The molecule has 1 aromatic carbocycles. The lowest BCUT2D eigenvalue weighted by Crippen LogP contribution is -2.55. The first-order valence-corrected chi connectivity index (χ1v) is 7.66. The molecule has 0 radical (unpaired) electrons. The molecule has 2 bridgehead atoms. The number of hydrogen-bond donors (Lipinski definition) is 2. The van der Waals surface area contributed by atoms with Crippen LogP contribution in [0.2, 0.25) is 0 Å². The first-order valence-electron chi connectivity index (χ1n) is 7.66. The third-order valence-electron chi connectivity index (χ3n) is 5.11. The molecule has 3 N–H and O–H groups in total. The molecule has 0 unspecified atom stereocenters. The normalized spacial score (nSPS) is 30.1. The predicted molar refractivity (Wildman–Crippen MR) is 78.8 cm³/mol. The SMILES string of the molecule is NC12CCC(C(=O)Nc3cccc(OC(F)(F)F)c3)(CC1)CC2. The molecule has 0 heterocycles. The molecule has 0 aliphatic heterocycles. The highest BCUT2D eigenvalue weighted by Gasteiger charge is 2.50. The van der Waals surface area contributed by atoms with Crippen molar-refractivity contribution in [3.8, 4) is 5.75 Å². The zero-order valence-electron chi connectivity index (χ0n) is 12.6. The first kappa shape index (κ1) is 16.1. The summed E-state index contributed by atoms with van der Waals surface area (Å²) in [5.41, 5.74) is 5.96. The summed E-state index contributed by atoms with van der Waals surface area (Å²) < 4.78 is 40.7. The van der Waals surface area contributed by atoms with Crippen LogP contribution in [0.1, 0.15) is 38.5 Å². The maximum atomic E-state index is 12.6. The third kappa shape index (κ3) is 3.44. The Morgan fingerprint density at radius 1 is 1.13 bits per heavy atom. The first-order chi connectivity index (χ1) is 10.7. The average molecular weight is 328 g/mol. The number of nitrogens with two attached hydrogens (primary N) is 1. The van der Waals surface area contributed by atoms with E-state index in [-0.39, 0.29) is 17.2 Å². The molecule has 126 valence electrons. The lowest BCUT2D eigenvalue weighted by Gasteiger charge is -2.50. The molecule has 7 heteroatoms. The van der Waals surface area contributed by atoms with Gasteiger partial charge in [0.05, 0.1) is 0 Å². The van der Waals surface area contributed by atoms with Crippen LogP contribution in [0.15, 0.2) is 24.3 Å². The number of amides is 1. The highest BCUT2D eigenvalue weighted by Crippen LogP contribution is 2.51. The fourth-order valence-electron chi connectivity index (χ4n) is 3.59. The molecule has 1 amide bonds. The van der Waals surface area contributed by atoms with Crippen molar-refractivity contribution in [1.29, 1.82) is 0 Å². The van der Waals surface area contributed by atoms with E-state index in [4.69, 9.17) is 5.73 Å². The van der Waals surface area contributed by atoms with E-state index in [9.17, 15) is 18.0 Å². The minimum absolute atomic E-state index is 0.136. The zero-order valence-corrected chi connectivity index (χ0v) is 12.6. The molecule has 4 rings (SSSR count). The van der Waals surface area contributed by atoms with Gasteiger partial charge in [-0.1, -0.05) is 6.07 Å². The van der Waals surface area contributed by atoms with Crippen LogP contribution in [0, 0.1) is 5.41 Å². The van der Waals surface area contributed by atoms with Gasteiger partial charge in [0.25, 0.3) is 0 Å². The Labute approximate surface area is 132 Å². The van der Waals surface area contributed by atoms with Crippen LogP contribution in [-0.2, 0) is 4.79 Å². The standard InChI is InChI=1S/C16H19F3N2O2/c17-16(18,19)23-12-3-1-2-11(10-12)21-13(22)14-4-7-15(20,8-5-14)9-6-14/h1-3,10H,4-9,20H2,(H,21,22). The van der Waals surface area contributed by atoms with E-state index < -0.39 is 11.8 Å². The minimum Gasteiger partial charge on any atom is -0.406 e. The molecule has 0 aromatic heterocycles. The van der Waals surface area contributed by atoms with Crippen LogP contribution in [0.5, 0.6) is 5.75 Å². The van der Waals surface area contributed by atoms with Gasteiger partial charge < -0.3 is 15.8 Å². The van der Waals surface area contributed by atoms with Crippen molar-refractivity contribution in [3.63, 3.8) is 0 Å². The second kappa shape index (κ2) is 5.40. The maximum Gasteiger partial charge on any atom is 0.573 e. The smallest absolute Gasteiger partial charge is 0.406 e. The van der Waals surface area contributed by atoms with Crippen LogP contribution in [0.25, 0.3) is 0 Å². The minimum atomic E-state index is -4.75. The number of ether oxygens (including phenoxy) is 1. The number of alkyl halides is 3. The zero-order chi connectivity index (χ0) is 16.7. The van der Waals surface area contributed by atoms with E-state index in [1.807, 2.05) is 0 Å². The molecule has 0 saturated heterocycles. The van der Waals surface area contributed by atoms with E-state index in [0.717, 1.165) is 38.5 Å². The summed E-state index contributed by atoms with van der Waals surface area (Å²) in [4.78, 5) is 12.6. The van der Waals surface area contributed by atoms with Crippen molar-refractivity contribution in [2.45, 2.75) is 50.4 Å². The van der Waals surface area contributed by atoms with Crippen LogP contribution >= 0.6 is 0 Å². The fraction of sp³-hybridized carbons (Fsp3) is 0.562. The second-order valence-electron chi connectivity index (χ2n) is 6.67. The van der Waals surface area contributed by atoms with E-state index >= 15 is 0 Å². The van der Waals surface area contributed by atoms with Gasteiger partial charge in [-0.3, -0.25) is 4.79 Å². The maximum absolute atomic E-state index is 12.6. The van der Waals surface area contributed by atoms with Crippen molar-refractivity contribution in [1.82, 2.24) is 0 Å². The van der Waals surface area contributed by atoms with Crippen LogP contribution in [0.4, 0.5) is 18.9 Å². The third-order valence-corrected chi connectivity index (χ3v) is 5.11. The number of benzene rings is 1. The van der Waals surface area contributed by atoms with Crippen molar-refractivity contribution in [2.24, 2.45) is 11.1 Å². The Morgan fingerprint density at radius 2 is 1.74 bits per heavy atom. The van der Waals surface area contributed by atoms with Gasteiger partial charge in [-0.2, -0.15) is 0 Å². The Balaban J connectivity index is 1.70. The Bertz CT molecular complexity index is 591. The number of carbonyl (C=O) groups excluding carboxylic acids is 1. The van der Waals surface area contributed by atoms with Gasteiger partial charge in [0.1, 0.15) is 5.75 Å². The van der Waals surface area contributed by atoms with Gasteiger partial charge in [-0.05, 0) is 50.7 Å². The summed E-state index contributed by atoms with van der Waals surface area (Å²) in [6.45, 7) is 0. The van der Waals surface area contributed by atoms with Crippen molar-refractivity contribution in [3.05, 3.63) is 24.3 Å². The number of nitrogens with one attached hydrogen (secondary N) is 1. The summed E-state index contributed by atoms with van der Waals surface area (Å²) in [6, 6.07) is 5.35. The van der Waals surface area contributed by atoms with Gasteiger partial charge in [0.2, 0.25) is 5.91 Å². The highest BCUT2D eigenvalue weighted by atomic mass is 19.4. The largest absolute Gasteiger partial charge is 0.573 e. The molecular weight excluding hydrogens is 309 g/mol. The topological polar surface area (TPSA) is 64.4 Å². The van der Waals surface area contributed by atoms with Crippen molar-refractivity contribution >= 4 is 11.6 Å². The molecule has 1 aromatic rings. The molecule has 0 atom stereocenters. The van der Waals surface area contributed by atoms with E-state index in [2.05, 4.69) is 10.1 Å². The van der Waals surface area contributed by atoms with Gasteiger partial charge in [-0.25, -0.2) is 0 Å². The summed E-state index contributed by atoms with van der Waals surface area (Å²) in [5.74, 6) is -0.482. The Morgan fingerprint density at radius 3 is 2.30 bits per heavy atom. The van der Waals surface area contributed by atoms with E-state index in [1.54, 1.807) is 6.07 Å². The number of carbonyl (C=O) groups is 1. The van der Waals surface area contributed by atoms with Gasteiger partial charge in [0.15, 0.2) is 0 Å². The monoisotopic (exact) mass is 328 g/mol. The van der Waals surface area contributed by atoms with Crippen molar-refractivity contribution in [2.75, 3.05) is 5.32 Å². The number of anilines is 1. The number of rotatable bonds is 3. The van der Waals surface area contributed by atoms with Crippen molar-refractivity contribution < 1.29 is 22.7 Å². The van der Waals surface area contributed by atoms with Crippen LogP contribution in [0.3, 0.4) is 0 Å².